The third-order valence-corrected chi connectivity index (χ3v) is 3.00. The van der Waals surface area contributed by atoms with Crippen LogP contribution in [0.3, 0.4) is 0 Å². The highest BCUT2D eigenvalue weighted by Gasteiger charge is 2.31. The van der Waals surface area contributed by atoms with Crippen LogP contribution in [0.1, 0.15) is 40.0 Å². The van der Waals surface area contributed by atoms with Gasteiger partial charge in [-0.25, -0.2) is 0 Å². The minimum Gasteiger partial charge on any atom is -0.457 e. The Morgan fingerprint density at radius 1 is 1.37 bits per heavy atom. The molecule has 0 radical (unpaired) electrons. The van der Waals surface area contributed by atoms with Crippen LogP contribution in [-0.2, 0) is 14.3 Å². The number of nitrogens with two attached hydrogens (primary N) is 1. The number of likely N-dealkylation sites (N-methyl/N-ethyl adjacent to an activating group) is 1. The van der Waals surface area contributed by atoms with Crippen molar-refractivity contribution in [1.29, 1.82) is 0 Å². The van der Waals surface area contributed by atoms with Crippen LogP contribution in [0.15, 0.2) is 11.8 Å². The maximum atomic E-state index is 11.4. The molecule has 1 aliphatic rings. The lowest BCUT2D eigenvalue weighted by molar-refractivity contribution is -0.218. The highest BCUT2D eigenvalue weighted by atomic mass is 16.7. The second-order valence-corrected chi connectivity index (χ2v) is 5.19. The van der Waals surface area contributed by atoms with Gasteiger partial charge in [0.25, 0.3) is 0 Å². The smallest absolute Gasteiger partial charge is 0.316 e. The first kappa shape index (κ1) is 16.0. The molecule has 1 aliphatic heterocycles. The minimum absolute atomic E-state index is 0.221. The molecule has 0 aromatic rings. The number of unbranched alkanes of at least 4 members (excludes halogenated alkanes) is 1. The molecule has 0 amide bonds. The van der Waals surface area contributed by atoms with Gasteiger partial charge in [0.05, 0.1) is 0 Å². The molecule has 0 saturated carbocycles. The second-order valence-electron chi connectivity index (χ2n) is 5.19. The largest absolute Gasteiger partial charge is 0.457 e. The van der Waals surface area contributed by atoms with Gasteiger partial charge in [-0.05, 0) is 32.0 Å². The Morgan fingerprint density at radius 2 is 2.11 bits per heavy atom. The van der Waals surface area contributed by atoms with Crippen LogP contribution in [0.4, 0.5) is 0 Å². The quantitative estimate of drug-likeness (QED) is 0.562. The molecule has 5 heteroatoms. The molecule has 5 nitrogen and oxygen atoms in total. The van der Waals surface area contributed by atoms with Gasteiger partial charge < -0.3 is 20.1 Å². The van der Waals surface area contributed by atoms with Crippen molar-refractivity contribution in [3.05, 3.63) is 11.8 Å². The molecule has 1 saturated heterocycles. The van der Waals surface area contributed by atoms with E-state index in [1.165, 1.54) is 0 Å². The highest BCUT2D eigenvalue weighted by Crippen LogP contribution is 2.25. The molecule has 0 aromatic carbocycles. The Labute approximate surface area is 115 Å². The number of carbonyl (C=O) groups excluding carboxylic acids is 1. The van der Waals surface area contributed by atoms with Gasteiger partial charge in [-0.2, -0.15) is 0 Å². The van der Waals surface area contributed by atoms with E-state index in [0.717, 1.165) is 38.2 Å². The molecular weight excluding hydrogens is 244 g/mol. The van der Waals surface area contributed by atoms with Crippen molar-refractivity contribution in [1.82, 2.24) is 4.90 Å². The van der Waals surface area contributed by atoms with E-state index >= 15 is 0 Å². The summed E-state index contributed by atoms with van der Waals surface area (Å²) in [5.41, 5.74) is 5.55. The maximum absolute atomic E-state index is 11.4. The predicted octanol–water partition coefficient (Wildman–Crippen LogP) is 1.63. The summed E-state index contributed by atoms with van der Waals surface area (Å²) < 4.78 is 10.7. The monoisotopic (exact) mass is 270 g/mol. The number of esters is 1. The van der Waals surface area contributed by atoms with Crippen molar-refractivity contribution >= 4 is 5.97 Å². The summed E-state index contributed by atoms with van der Waals surface area (Å²) in [6.45, 7) is 9.29. The van der Waals surface area contributed by atoms with Crippen molar-refractivity contribution in [3.63, 3.8) is 0 Å². The fourth-order valence-electron chi connectivity index (χ4n) is 2.13. The summed E-state index contributed by atoms with van der Waals surface area (Å²) >= 11 is 0. The minimum atomic E-state index is -0.837. The van der Waals surface area contributed by atoms with E-state index in [1.54, 1.807) is 13.8 Å². The molecule has 2 N–H and O–H groups in total. The van der Waals surface area contributed by atoms with Crippen molar-refractivity contribution in [3.8, 4) is 0 Å². The lowest BCUT2D eigenvalue weighted by atomic mass is 10.2. The van der Waals surface area contributed by atoms with Gasteiger partial charge in [0.1, 0.15) is 12.2 Å². The average Bonchev–Trinajstić information content (AvgIpc) is 2.30. The number of hydrogen-bond acceptors (Lipinski definition) is 5. The number of nitrogens with zero attached hydrogens (tertiary/aromatic N) is 1. The lowest BCUT2D eigenvalue weighted by Crippen LogP contribution is -2.36. The van der Waals surface area contributed by atoms with Gasteiger partial charge in [0.15, 0.2) is 0 Å². The molecule has 1 fully saturated rings. The second kappa shape index (κ2) is 7.50. The van der Waals surface area contributed by atoms with Gasteiger partial charge in [-0.3, -0.25) is 4.79 Å². The van der Waals surface area contributed by atoms with Gasteiger partial charge in [-0.1, -0.05) is 6.92 Å². The van der Waals surface area contributed by atoms with Crippen molar-refractivity contribution in [2.75, 3.05) is 26.2 Å². The average molecular weight is 270 g/mol. The molecule has 1 heterocycles. The number of rotatable bonds is 7. The van der Waals surface area contributed by atoms with Crippen LogP contribution in [0.2, 0.25) is 0 Å². The number of cyclic esters (lactones) is 1. The summed E-state index contributed by atoms with van der Waals surface area (Å²) in [6.07, 6.45) is 4.18. The fourth-order valence-corrected chi connectivity index (χ4v) is 2.13. The summed E-state index contributed by atoms with van der Waals surface area (Å²) in [7, 11) is 0. The van der Waals surface area contributed by atoms with Gasteiger partial charge in [0, 0.05) is 26.9 Å². The zero-order chi connectivity index (χ0) is 14.3. The molecule has 1 rings (SSSR count). The normalized spacial score (nSPS) is 20.5. The van der Waals surface area contributed by atoms with Crippen LogP contribution in [0.5, 0.6) is 0 Å². The van der Waals surface area contributed by atoms with Crippen molar-refractivity contribution < 1.29 is 14.3 Å². The summed E-state index contributed by atoms with van der Waals surface area (Å²) in [4.78, 5) is 13.7. The van der Waals surface area contributed by atoms with Gasteiger partial charge in [-0.15, -0.1) is 0 Å². The zero-order valence-corrected chi connectivity index (χ0v) is 12.3. The summed E-state index contributed by atoms with van der Waals surface area (Å²) in [5.74, 6) is -0.333. The molecule has 0 aliphatic carbocycles. The van der Waals surface area contributed by atoms with Crippen LogP contribution in [0.25, 0.3) is 0 Å². The molecule has 19 heavy (non-hydrogen) atoms. The van der Waals surface area contributed by atoms with E-state index < -0.39 is 5.79 Å². The van der Waals surface area contributed by atoms with Gasteiger partial charge >= 0.3 is 5.97 Å². The SMILES string of the molecule is CCN(CCN)CCC/C=C1/CC(=O)OC(C)(C)O1. The molecule has 0 unspecified atom stereocenters. The first-order valence-electron chi connectivity index (χ1n) is 6.99. The van der Waals surface area contributed by atoms with Crippen LogP contribution in [-0.4, -0.2) is 42.8 Å². The summed E-state index contributed by atoms with van der Waals surface area (Å²) in [6, 6.07) is 0. The number of hydrogen-bond donors (Lipinski definition) is 1. The topological polar surface area (TPSA) is 64.8 Å². The van der Waals surface area contributed by atoms with Crippen molar-refractivity contribution in [2.45, 2.75) is 45.8 Å². The van der Waals surface area contributed by atoms with E-state index in [9.17, 15) is 4.79 Å². The molecule has 0 atom stereocenters. The maximum Gasteiger partial charge on any atom is 0.316 e. The molecule has 110 valence electrons. The van der Waals surface area contributed by atoms with E-state index in [-0.39, 0.29) is 12.4 Å². The molecule has 0 bridgehead atoms. The fraction of sp³-hybridized carbons (Fsp3) is 0.786. The van der Waals surface area contributed by atoms with Crippen LogP contribution in [0, 0.1) is 0 Å². The third-order valence-electron chi connectivity index (χ3n) is 3.00. The Bertz CT molecular complexity index is 327. The Balaban J connectivity index is 2.34. The Hall–Kier alpha value is -1.07. The first-order chi connectivity index (χ1) is 8.96. The Kier molecular flexibility index (Phi) is 6.31. The number of ether oxygens (including phenoxy) is 2. The lowest BCUT2D eigenvalue weighted by Gasteiger charge is -2.32. The highest BCUT2D eigenvalue weighted by molar-refractivity contribution is 5.73. The summed E-state index contributed by atoms with van der Waals surface area (Å²) in [5, 5.41) is 0. The number of carbonyl (C=O) groups is 1. The van der Waals surface area contributed by atoms with Gasteiger partial charge in [0.2, 0.25) is 5.79 Å². The van der Waals surface area contributed by atoms with Crippen LogP contribution < -0.4 is 5.73 Å². The molecule has 0 spiro atoms. The van der Waals surface area contributed by atoms with E-state index in [4.69, 9.17) is 15.2 Å². The van der Waals surface area contributed by atoms with Crippen LogP contribution >= 0.6 is 0 Å². The van der Waals surface area contributed by atoms with Crippen molar-refractivity contribution in [2.24, 2.45) is 5.73 Å². The Morgan fingerprint density at radius 3 is 2.68 bits per heavy atom. The van der Waals surface area contributed by atoms with E-state index in [1.807, 2.05) is 6.08 Å². The first-order valence-corrected chi connectivity index (χ1v) is 6.99. The molecule has 0 aromatic heterocycles. The zero-order valence-electron chi connectivity index (χ0n) is 12.3. The molecular formula is C14H26N2O3. The number of allylic oxidation sites excluding steroid dienone is 1. The standard InChI is InChI=1S/C14H26N2O3/c1-4-16(10-8-15)9-6-5-7-12-11-13(17)19-14(2,3)18-12/h7H,4-6,8-11,15H2,1-3H3/b12-7-. The predicted molar refractivity (Wildman–Crippen MR) is 74.4 cm³/mol. The third kappa shape index (κ3) is 6.07. The van der Waals surface area contributed by atoms with E-state index in [2.05, 4.69) is 11.8 Å². The van der Waals surface area contributed by atoms with E-state index in [0.29, 0.717) is 6.54 Å².